The lowest BCUT2D eigenvalue weighted by Gasteiger charge is -2.07. The Balaban J connectivity index is 2.36. The lowest BCUT2D eigenvalue weighted by atomic mass is 10.0. The standard InChI is InChI=1S/C19H18O5/c1-3-24-16-6-4-5-15(12-16)17(18(20)21)11-13-7-9-14(10-8-13)19(22)23-2/h4-12H,3H2,1-2H3,(H,20,21)/b17-11-. The quantitative estimate of drug-likeness (QED) is 0.500. The van der Waals surface area contributed by atoms with Gasteiger partial charge in [0.25, 0.3) is 0 Å². The van der Waals surface area contributed by atoms with E-state index in [4.69, 9.17) is 4.74 Å². The molecule has 5 nitrogen and oxygen atoms in total. The fourth-order valence-corrected chi connectivity index (χ4v) is 2.19. The van der Waals surface area contributed by atoms with Gasteiger partial charge >= 0.3 is 11.9 Å². The first-order valence-corrected chi connectivity index (χ1v) is 7.41. The Bertz CT molecular complexity index is 760. The van der Waals surface area contributed by atoms with Crippen LogP contribution < -0.4 is 4.74 Å². The van der Waals surface area contributed by atoms with Crippen molar-refractivity contribution in [3.63, 3.8) is 0 Å². The number of carbonyl (C=O) groups is 2. The van der Waals surface area contributed by atoms with Crippen molar-refractivity contribution < 1.29 is 24.2 Å². The summed E-state index contributed by atoms with van der Waals surface area (Å²) in [5, 5.41) is 9.51. The molecule has 0 aliphatic rings. The van der Waals surface area contributed by atoms with E-state index in [0.29, 0.717) is 29.0 Å². The average Bonchev–Trinajstić information content (AvgIpc) is 2.59. The van der Waals surface area contributed by atoms with Gasteiger partial charge in [0.2, 0.25) is 0 Å². The van der Waals surface area contributed by atoms with E-state index in [2.05, 4.69) is 4.74 Å². The highest BCUT2D eigenvalue weighted by Gasteiger charge is 2.12. The van der Waals surface area contributed by atoms with E-state index in [9.17, 15) is 14.7 Å². The van der Waals surface area contributed by atoms with Crippen LogP contribution in [0.4, 0.5) is 0 Å². The van der Waals surface area contributed by atoms with Gasteiger partial charge in [-0.1, -0.05) is 24.3 Å². The van der Waals surface area contributed by atoms with Gasteiger partial charge < -0.3 is 14.6 Å². The maximum atomic E-state index is 11.6. The summed E-state index contributed by atoms with van der Waals surface area (Å²) in [6.45, 7) is 2.37. The van der Waals surface area contributed by atoms with Gasteiger partial charge in [0.05, 0.1) is 24.9 Å². The molecule has 124 valence electrons. The number of carboxylic acids is 1. The first kappa shape index (κ1) is 17.3. The number of carbonyl (C=O) groups excluding carboxylic acids is 1. The summed E-state index contributed by atoms with van der Waals surface area (Å²) in [7, 11) is 1.31. The molecule has 0 aromatic heterocycles. The van der Waals surface area contributed by atoms with Crippen LogP contribution >= 0.6 is 0 Å². The summed E-state index contributed by atoms with van der Waals surface area (Å²) < 4.78 is 10.0. The molecule has 24 heavy (non-hydrogen) atoms. The summed E-state index contributed by atoms with van der Waals surface area (Å²) in [6.07, 6.45) is 1.55. The van der Waals surface area contributed by atoms with Gasteiger partial charge in [0.15, 0.2) is 0 Å². The molecule has 0 atom stereocenters. The fourth-order valence-electron chi connectivity index (χ4n) is 2.19. The van der Waals surface area contributed by atoms with E-state index in [0.717, 1.165) is 0 Å². The van der Waals surface area contributed by atoms with Gasteiger partial charge in [-0.25, -0.2) is 9.59 Å². The number of carboxylic acid groups (broad SMARTS) is 1. The summed E-state index contributed by atoms with van der Waals surface area (Å²) >= 11 is 0. The van der Waals surface area contributed by atoms with Crippen molar-refractivity contribution in [1.29, 1.82) is 0 Å². The van der Waals surface area contributed by atoms with Crippen LogP contribution in [0.15, 0.2) is 48.5 Å². The Morgan fingerprint density at radius 1 is 1.08 bits per heavy atom. The fraction of sp³-hybridized carbons (Fsp3) is 0.158. The van der Waals surface area contributed by atoms with Crippen LogP contribution in [0.1, 0.15) is 28.4 Å². The number of methoxy groups -OCH3 is 1. The van der Waals surface area contributed by atoms with Crippen LogP contribution in [-0.2, 0) is 9.53 Å². The van der Waals surface area contributed by atoms with Crippen molar-refractivity contribution >= 4 is 23.6 Å². The van der Waals surface area contributed by atoms with Crippen LogP contribution in [0, 0.1) is 0 Å². The highest BCUT2D eigenvalue weighted by molar-refractivity contribution is 6.20. The molecule has 0 bridgehead atoms. The Labute approximate surface area is 140 Å². The lowest BCUT2D eigenvalue weighted by Crippen LogP contribution is -2.02. The summed E-state index contributed by atoms with van der Waals surface area (Å²) in [4.78, 5) is 23.0. The maximum absolute atomic E-state index is 11.6. The molecule has 5 heteroatoms. The molecule has 0 radical (unpaired) electrons. The van der Waals surface area contributed by atoms with Crippen molar-refractivity contribution in [3.05, 3.63) is 65.2 Å². The van der Waals surface area contributed by atoms with E-state index < -0.39 is 11.9 Å². The molecule has 2 aromatic carbocycles. The topological polar surface area (TPSA) is 72.8 Å². The van der Waals surface area contributed by atoms with Crippen LogP contribution in [-0.4, -0.2) is 30.8 Å². The number of hydrogen-bond donors (Lipinski definition) is 1. The molecule has 2 rings (SSSR count). The Hall–Kier alpha value is -3.08. The molecular formula is C19H18O5. The zero-order valence-electron chi connectivity index (χ0n) is 13.5. The highest BCUT2D eigenvalue weighted by Crippen LogP contribution is 2.23. The van der Waals surface area contributed by atoms with E-state index in [1.54, 1.807) is 54.6 Å². The largest absolute Gasteiger partial charge is 0.494 e. The second kappa shape index (κ2) is 7.97. The second-order valence-electron chi connectivity index (χ2n) is 4.94. The van der Waals surface area contributed by atoms with Crippen molar-refractivity contribution in [1.82, 2.24) is 0 Å². The first-order chi connectivity index (χ1) is 11.5. The molecule has 1 N–H and O–H groups in total. The molecule has 0 aliphatic carbocycles. The molecule has 0 amide bonds. The zero-order chi connectivity index (χ0) is 17.5. The Kier molecular flexibility index (Phi) is 5.73. The molecule has 0 unspecified atom stereocenters. The number of hydrogen-bond acceptors (Lipinski definition) is 4. The normalized spacial score (nSPS) is 11.0. The number of esters is 1. The van der Waals surface area contributed by atoms with E-state index >= 15 is 0 Å². The van der Waals surface area contributed by atoms with Crippen LogP contribution in [0.5, 0.6) is 5.75 Å². The molecule has 0 heterocycles. The number of rotatable bonds is 6. The van der Waals surface area contributed by atoms with Gasteiger partial charge in [-0.2, -0.15) is 0 Å². The minimum atomic E-state index is -1.04. The van der Waals surface area contributed by atoms with Gasteiger partial charge in [-0.3, -0.25) is 0 Å². The third-order valence-corrected chi connectivity index (χ3v) is 3.33. The van der Waals surface area contributed by atoms with Crippen molar-refractivity contribution in [3.8, 4) is 5.75 Å². The number of ether oxygens (including phenoxy) is 2. The molecule has 0 spiro atoms. The van der Waals surface area contributed by atoms with Crippen LogP contribution in [0.3, 0.4) is 0 Å². The number of aliphatic carboxylic acids is 1. The van der Waals surface area contributed by atoms with Gasteiger partial charge in [0.1, 0.15) is 5.75 Å². The monoisotopic (exact) mass is 326 g/mol. The lowest BCUT2D eigenvalue weighted by molar-refractivity contribution is -0.130. The van der Waals surface area contributed by atoms with Crippen molar-refractivity contribution in [2.75, 3.05) is 13.7 Å². The first-order valence-electron chi connectivity index (χ1n) is 7.41. The Morgan fingerprint density at radius 3 is 2.38 bits per heavy atom. The minimum absolute atomic E-state index is 0.141. The highest BCUT2D eigenvalue weighted by atomic mass is 16.5. The van der Waals surface area contributed by atoms with E-state index in [-0.39, 0.29) is 5.57 Å². The maximum Gasteiger partial charge on any atom is 0.337 e. The summed E-state index contributed by atoms with van der Waals surface area (Å²) in [5.41, 5.74) is 1.76. The molecule has 0 fully saturated rings. The van der Waals surface area contributed by atoms with E-state index in [1.165, 1.54) is 7.11 Å². The second-order valence-corrected chi connectivity index (χ2v) is 4.94. The van der Waals surface area contributed by atoms with Crippen LogP contribution in [0.25, 0.3) is 11.6 Å². The molecular weight excluding hydrogens is 308 g/mol. The molecule has 0 saturated carbocycles. The van der Waals surface area contributed by atoms with Crippen molar-refractivity contribution in [2.24, 2.45) is 0 Å². The SMILES string of the molecule is CCOc1cccc(/C(=C/c2ccc(C(=O)OC)cc2)C(=O)O)c1. The molecule has 2 aromatic rings. The van der Waals surface area contributed by atoms with Gasteiger partial charge in [-0.05, 0) is 48.4 Å². The third kappa shape index (κ3) is 4.23. The number of benzene rings is 2. The van der Waals surface area contributed by atoms with Crippen molar-refractivity contribution in [2.45, 2.75) is 6.92 Å². The summed E-state index contributed by atoms with van der Waals surface area (Å²) in [5.74, 6) is -0.864. The van der Waals surface area contributed by atoms with Crippen LogP contribution in [0.2, 0.25) is 0 Å². The predicted molar refractivity (Wildman–Crippen MR) is 90.9 cm³/mol. The Morgan fingerprint density at radius 2 is 1.79 bits per heavy atom. The summed E-state index contributed by atoms with van der Waals surface area (Å²) in [6, 6.07) is 13.4. The van der Waals surface area contributed by atoms with E-state index in [1.807, 2.05) is 6.92 Å². The van der Waals surface area contributed by atoms with Gasteiger partial charge in [-0.15, -0.1) is 0 Å². The predicted octanol–water partition coefficient (Wildman–Crippen LogP) is 3.50. The molecule has 0 aliphatic heterocycles. The third-order valence-electron chi connectivity index (χ3n) is 3.33. The molecule has 0 saturated heterocycles. The minimum Gasteiger partial charge on any atom is -0.494 e. The van der Waals surface area contributed by atoms with Gasteiger partial charge in [0, 0.05) is 0 Å². The smallest absolute Gasteiger partial charge is 0.337 e. The zero-order valence-corrected chi connectivity index (χ0v) is 13.5. The average molecular weight is 326 g/mol.